The van der Waals surface area contributed by atoms with Gasteiger partial charge in [-0.2, -0.15) is 5.10 Å². The third-order valence-electron chi connectivity index (χ3n) is 5.14. The molecule has 3 nitrogen and oxygen atoms in total. The van der Waals surface area contributed by atoms with E-state index in [4.69, 9.17) is 11.6 Å². The lowest BCUT2D eigenvalue weighted by atomic mass is 9.94. The third-order valence-corrected chi connectivity index (χ3v) is 5.34. The van der Waals surface area contributed by atoms with Crippen molar-refractivity contribution in [3.05, 3.63) is 71.5 Å². The molecule has 2 heterocycles. The van der Waals surface area contributed by atoms with E-state index in [9.17, 15) is 0 Å². The predicted molar refractivity (Wildman–Crippen MR) is 109 cm³/mol. The predicted octanol–water partition coefficient (Wildman–Crippen LogP) is 5.26. The minimum absolute atomic E-state index is 0.715. The summed E-state index contributed by atoms with van der Waals surface area (Å²) in [6, 6.07) is 15.3. The van der Waals surface area contributed by atoms with Gasteiger partial charge >= 0.3 is 0 Å². The van der Waals surface area contributed by atoms with Gasteiger partial charge in [0.25, 0.3) is 0 Å². The van der Waals surface area contributed by atoms with Crippen LogP contribution in [0.25, 0.3) is 16.3 Å². The number of unbranched alkanes of at least 4 members (excludes halogenated alkanes) is 1. The second-order valence-electron chi connectivity index (χ2n) is 6.94. The van der Waals surface area contributed by atoms with Crippen LogP contribution in [0.4, 0.5) is 0 Å². The first kappa shape index (κ1) is 17.3. The summed E-state index contributed by atoms with van der Waals surface area (Å²) in [5, 5.41) is 7.64. The van der Waals surface area contributed by atoms with Gasteiger partial charge in [0.1, 0.15) is 0 Å². The number of hydrogen-bond donors (Lipinski definition) is 0. The molecular formula is C22H24ClN3. The van der Waals surface area contributed by atoms with Crippen molar-refractivity contribution in [1.82, 2.24) is 14.7 Å². The number of halogens is 1. The molecule has 0 unspecified atom stereocenters. The summed E-state index contributed by atoms with van der Waals surface area (Å²) in [7, 11) is 0. The molecule has 134 valence electrons. The Balaban J connectivity index is 1.32. The van der Waals surface area contributed by atoms with Crippen molar-refractivity contribution in [3.63, 3.8) is 0 Å². The van der Waals surface area contributed by atoms with E-state index in [1.807, 2.05) is 10.9 Å². The van der Waals surface area contributed by atoms with Crippen LogP contribution in [0.1, 0.15) is 24.8 Å². The number of rotatable bonds is 6. The number of benzene rings is 2. The Morgan fingerprint density at radius 1 is 1.00 bits per heavy atom. The molecule has 3 aromatic rings. The average molecular weight is 366 g/mol. The Hall–Kier alpha value is -2.10. The van der Waals surface area contributed by atoms with Crippen LogP contribution in [-0.4, -0.2) is 34.3 Å². The molecule has 1 aromatic heterocycles. The van der Waals surface area contributed by atoms with Crippen molar-refractivity contribution >= 4 is 27.9 Å². The van der Waals surface area contributed by atoms with E-state index in [0.29, 0.717) is 5.02 Å². The smallest absolute Gasteiger partial charge is 0.0785 e. The first-order valence-corrected chi connectivity index (χ1v) is 9.75. The maximum Gasteiger partial charge on any atom is 0.0785 e. The zero-order valence-electron chi connectivity index (χ0n) is 14.9. The number of fused-ring (bicyclic) bond motifs is 1. The molecule has 4 rings (SSSR count). The highest BCUT2D eigenvalue weighted by molar-refractivity contribution is 6.30. The molecule has 0 bridgehead atoms. The molecule has 0 amide bonds. The lowest BCUT2D eigenvalue weighted by molar-refractivity contribution is 0.291. The molecule has 0 atom stereocenters. The first-order chi connectivity index (χ1) is 12.8. The molecule has 0 spiro atoms. The molecule has 0 radical (unpaired) electrons. The van der Waals surface area contributed by atoms with E-state index in [1.54, 1.807) is 6.20 Å². The van der Waals surface area contributed by atoms with Gasteiger partial charge in [-0.1, -0.05) is 60.1 Å². The second kappa shape index (κ2) is 8.07. The quantitative estimate of drug-likeness (QED) is 0.555. The maximum absolute atomic E-state index is 5.90. The highest BCUT2D eigenvalue weighted by atomic mass is 35.5. The van der Waals surface area contributed by atoms with Crippen LogP contribution >= 0.6 is 11.6 Å². The van der Waals surface area contributed by atoms with Gasteiger partial charge in [0, 0.05) is 25.8 Å². The lowest BCUT2D eigenvalue weighted by Gasteiger charge is -2.27. The van der Waals surface area contributed by atoms with Gasteiger partial charge in [0.05, 0.1) is 11.2 Å². The van der Waals surface area contributed by atoms with E-state index < -0.39 is 0 Å². The van der Waals surface area contributed by atoms with Crippen molar-refractivity contribution < 1.29 is 0 Å². The third kappa shape index (κ3) is 4.00. The molecule has 0 N–H and O–H groups in total. The van der Waals surface area contributed by atoms with Crippen molar-refractivity contribution in [2.24, 2.45) is 0 Å². The van der Waals surface area contributed by atoms with Crippen molar-refractivity contribution in [3.8, 4) is 0 Å². The molecule has 2 aromatic carbocycles. The van der Waals surface area contributed by atoms with Crippen LogP contribution in [0, 0.1) is 0 Å². The number of aromatic nitrogens is 2. The molecule has 0 saturated heterocycles. The fraction of sp³-hybridized carbons (Fsp3) is 0.318. The summed E-state index contributed by atoms with van der Waals surface area (Å²) >= 11 is 5.90. The molecule has 1 aliphatic rings. The maximum atomic E-state index is 5.90. The van der Waals surface area contributed by atoms with E-state index >= 15 is 0 Å². The summed E-state index contributed by atoms with van der Waals surface area (Å²) in [5.41, 5.74) is 2.89. The van der Waals surface area contributed by atoms with Gasteiger partial charge in [-0.25, -0.2) is 0 Å². The van der Waals surface area contributed by atoms with Gasteiger partial charge in [-0.3, -0.25) is 9.58 Å². The Kier molecular flexibility index (Phi) is 5.37. The number of aryl methyl sites for hydroxylation is 1. The molecule has 1 aliphatic heterocycles. The molecule has 0 aliphatic carbocycles. The SMILES string of the molecule is Clc1cnn(CCCCN2CC=C(c3cccc4ccccc34)CC2)c1. The Morgan fingerprint density at radius 3 is 2.65 bits per heavy atom. The fourth-order valence-corrected chi connectivity index (χ4v) is 3.89. The van der Waals surface area contributed by atoms with Crippen LogP contribution in [0.15, 0.2) is 60.9 Å². The summed E-state index contributed by atoms with van der Waals surface area (Å²) in [5.74, 6) is 0. The molecule has 0 fully saturated rings. The second-order valence-corrected chi connectivity index (χ2v) is 7.37. The first-order valence-electron chi connectivity index (χ1n) is 9.37. The molecular weight excluding hydrogens is 342 g/mol. The van der Waals surface area contributed by atoms with Crippen molar-refractivity contribution in [1.29, 1.82) is 0 Å². The summed E-state index contributed by atoms with van der Waals surface area (Å²) in [6.07, 6.45) is 9.46. The van der Waals surface area contributed by atoms with Crippen molar-refractivity contribution in [2.45, 2.75) is 25.8 Å². The molecule has 0 saturated carbocycles. The standard InChI is InChI=1S/C22H24ClN3/c23-20-16-24-26(17-20)13-4-3-12-25-14-10-19(11-15-25)22-9-5-7-18-6-1-2-8-21(18)22/h1-2,5-10,16-17H,3-4,11-15H2. The molecule has 4 heteroatoms. The summed E-state index contributed by atoms with van der Waals surface area (Å²) < 4.78 is 1.93. The zero-order chi connectivity index (χ0) is 17.8. The van der Waals surface area contributed by atoms with Gasteiger partial charge in [0.2, 0.25) is 0 Å². The summed E-state index contributed by atoms with van der Waals surface area (Å²) in [4.78, 5) is 2.55. The number of nitrogens with zero attached hydrogens (tertiary/aromatic N) is 3. The number of hydrogen-bond acceptors (Lipinski definition) is 2. The summed E-state index contributed by atoms with van der Waals surface area (Å²) in [6.45, 7) is 4.28. The van der Waals surface area contributed by atoms with E-state index in [1.165, 1.54) is 28.3 Å². The van der Waals surface area contributed by atoms with Crippen LogP contribution < -0.4 is 0 Å². The normalized spacial score (nSPS) is 15.3. The lowest BCUT2D eigenvalue weighted by Crippen LogP contribution is -2.29. The van der Waals surface area contributed by atoms with Crippen LogP contribution in [-0.2, 0) is 6.54 Å². The largest absolute Gasteiger partial charge is 0.299 e. The average Bonchev–Trinajstić information content (AvgIpc) is 3.10. The minimum Gasteiger partial charge on any atom is -0.299 e. The minimum atomic E-state index is 0.715. The zero-order valence-corrected chi connectivity index (χ0v) is 15.7. The van der Waals surface area contributed by atoms with E-state index in [-0.39, 0.29) is 0 Å². The van der Waals surface area contributed by atoms with Gasteiger partial charge < -0.3 is 0 Å². The van der Waals surface area contributed by atoms with Crippen LogP contribution in [0.3, 0.4) is 0 Å². The highest BCUT2D eigenvalue weighted by Crippen LogP contribution is 2.29. The Morgan fingerprint density at radius 2 is 1.85 bits per heavy atom. The Labute approximate surface area is 159 Å². The van der Waals surface area contributed by atoms with Crippen LogP contribution in [0.5, 0.6) is 0 Å². The molecule has 26 heavy (non-hydrogen) atoms. The van der Waals surface area contributed by atoms with Crippen molar-refractivity contribution in [2.75, 3.05) is 19.6 Å². The monoisotopic (exact) mass is 365 g/mol. The van der Waals surface area contributed by atoms with Gasteiger partial charge in [-0.05, 0) is 47.7 Å². The Bertz CT molecular complexity index is 907. The van der Waals surface area contributed by atoms with Crippen LogP contribution in [0.2, 0.25) is 5.02 Å². The topological polar surface area (TPSA) is 21.1 Å². The van der Waals surface area contributed by atoms with Gasteiger partial charge in [-0.15, -0.1) is 0 Å². The van der Waals surface area contributed by atoms with E-state index in [2.05, 4.69) is 58.5 Å². The fourth-order valence-electron chi connectivity index (χ4n) is 3.73. The van der Waals surface area contributed by atoms with E-state index in [0.717, 1.165) is 39.0 Å². The van der Waals surface area contributed by atoms with Gasteiger partial charge in [0.15, 0.2) is 0 Å². The highest BCUT2D eigenvalue weighted by Gasteiger charge is 2.14.